The largest absolute Gasteiger partial charge is 0.497 e. The Balaban J connectivity index is 2.18. The number of hydrogen-bond donors (Lipinski definition) is 2. The van der Waals surface area contributed by atoms with Gasteiger partial charge in [-0.2, -0.15) is 0 Å². The summed E-state index contributed by atoms with van der Waals surface area (Å²) in [6, 6.07) is 11.8. The molecular weight excluding hydrogens is 264 g/mol. The van der Waals surface area contributed by atoms with E-state index in [2.05, 4.69) is 5.32 Å². The summed E-state index contributed by atoms with van der Waals surface area (Å²) in [6.45, 7) is 0. The van der Waals surface area contributed by atoms with E-state index in [9.17, 15) is 4.79 Å². The molecular formula is C14H13ClN2O2. The van der Waals surface area contributed by atoms with Crippen LogP contribution in [0.2, 0.25) is 5.02 Å². The fourth-order valence-corrected chi connectivity index (χ4v) is 1.73. The molecule has 0 spiro atoms. The summed E-state index contributed by atoms with van der Waals surface area (Å²) in [4.78, 5) is 12.1. The Labute approximate surface area is 116 Å². The molecule has 0 fully saturated rings. The van der Waals surface area contributed by atoms with Crippen LogP contribution in [0.4, 0.5) is 11.4 Å². The first kappa shape index (κ1) is 13.2. The lowest BCUT2D eigenvalue weighted by atomic mass is 10.1. The number of methoxy groups -OCH3 is 1. The van der Waals surface area contributed by atoms with Crippen LogP contribution in [-0.4, -0.2) is 13.0 Å². The molecule has 1 amide bonds. The predicted molar refractivity (Wildman–Crippen MR) is 76.8 cm³/mol. The summed E-state index contributed by atoms with van der Waals surface area (Å²) in [5.41, 5.74) is 7.24. The molecule has 0 bridgehead atoms. The van der Waals surface area contributed by atoms with Gasteiger partial charge in [-0.1, -0.05) is 11.6 Å². The SMILES string of the molecule is COc1ccc(C(=O)Nc2ccc(Cl)cc2)c(N)c1. The summed E-state index contributed by atoms with van der Waals surface area (Å²) in [6.07, 6.45) is 0. The molecule has 2 rings (SSSR count). The van der Waals surface area contributed by atoms with Crippen molar-refractivity contribution in [3.63, 3.8) is 0 Å². The molecule has 0 saturated carbocycles. The van der Waals surface area contributed by atoms with Crippen LogP contribution in [0.1, 0.15) is 10.4 Å². The van der Waals surface area contributed by atoms with Crippen LogP contribution in [0.25, 0.3) is 0 Å². The molecule has 0 saturated heterocycles. The van der Waals surface area contributed by atoms with Gasteiger partial charge in [-0.15, -0.1) is 0 Å². The number of carbonyl (C=O) groups is 1. The number of nitrogens with two attached hydrogens (primary N) is 1. The molecule has 0 aliphatic heterocycles. The Hall–Kier alpha value is -2.20. The van der Waals surface area contributed by atoms with Crippen LogP contribution in [0, 0.1) is 0 Å². The van der Waals surface area contributed by atoms with Gasteiger partial charge >= 0.3 is 0 Å². The second kappa shape index (κ2) is 5.63. The van der Waals surface area contributed by atoms with E-state index in [0.717, 1.165) is 0 Å². The number of nitrogen functional groups attached to an aromatic ring is 1. The molecule has 0 unspecified atom stereocenters. The van der Waals surface area contributed by atoms with Crippen LogP contribution in [0.3, 0.4) is 0 Å². The lowest BCUT2D eigenvalue weighted by Gasteiger charge is -2.09. The molecule has 0 aliphatic rings. The fourth-order valence-electron chi connectivity index (χ4n) is 1.61. The quantitative estimate of drug-likeness (QED) is 0.846. The average Bonchev–Trinajstić information content (AvgIpc) is 2.41. The minimum Gasteiger partial charge on any atom is -0.497 e. The summed E-state index contributed by atoms with van der Waals surface area (Å²) >= 11 is 5.78. The molecule has 19 heavy (non-hydrogen) atoms. The van der Waals surface area contributed by atoms with Gasteiger partial charge in [0.1, 0.15) is 5.75 Å². The van der Waals surface area contributed by atoms with E-state index in [1.165, 1.54) is 0 Å². The number of hydrogen-bond acceptors (Lipinski definition) is 3. The lowest BCUT2D eigenvalue weighted by Crippen LogP contribution is -2.13. The third-order valence-electron chi connectivity index (χ3n) is 2.61. The highest BCUT2D eigenvalue weighted by Gasteiger charge is 2.10. The minimum absolute atomic E-state index is 0.275. The molecule has 0 aromatic heterocycles. The zero-order chi connectivity index (χ0) is 13.8. The number of ether oxygens (including phenoxy) is 1. The normalized spacial score (nSPS) is 10.0. The van der Waals surface area contributed by atoms with E-state index >= 15 is 0 Å². The van der Waals surface area contributed by atoms with Crippen molar-refractivity contribution in [2.75, 3.05) is 18.2 Å². The maximum absolute atomic E-state index is 12.1. The van der Waals surface area contributed by atoms with E-state index in [0.29, 0.717) is 27.7 Å². The standard InChI is InChI=1S/C14H13ClN2O2/c1-19-11-6-7-12(13(16)8-11)14(18)17-10-4-2-9(15)3-5-10/h2-8H,16H2,1H3,(H,17,18). The Morgan fingerprint density at radius 2 is 1.89 bits per heavy atom. The van der Waals surface area contributed by atoms with Gasteiger partial charge in [-0.3, -0.25) is 4.79 Å². The zero-order valence-electron chi connectivity index (χ0n) is 10.3. The monoisotopic (exact) mass is 276 g/mol. The molecule has 3 N–H and O–H groups in total. The third-order valence-corrected chi connectivity index (χ3v) is 2.86. The van der Waals surface area contributed by atoms with Crippen molar-refractivity contribution in [3.05, 3.63) is 53.1 Å². The summed E-state index contributed by atoms with van der Waals surface area (Å²) in [7, 11) is 1.54. The molecule has 5 heteroatoms. The van der Waals surface area contributed by atoms with Crippen LogP contribution < -0.4 is 15.8 Å². The van der Waals surface area contributed by atoms with Gasteiger partial charge in [0.25, 0.3) is 5.91 Å². The molecule has 0 aliphatic carbocycles. The fraction of sp³-hybridized carbons (Fsp3) is 0.0714. The van der Waals surface area contributed by atoms with Gasteiger partial charge in [0, 0.05) is 22.5 Å². The van der Waals surface area contributed by atoms with Gasteiger partial charge in [0.2, 0.25) is 0 Å². The average molecular weight is 277 g/mol. The van der Waals surface area contributed by atoms with Gasteiger partial charge < -0.3 is 15.8 Å². The summed E-state index contributed by atoms with van der Waals surface area (Å²) in [5, 5.41) is 3.36. The zero-order valence-corrected chi connectivity index (χ0v) is 11.1. The van der Waals surface area contributed by atoms with E-state index in [-0.39, 0.29) is 5.91 Å². The molecule has 2 aromatic rings. The Morgan fingerprint density at radius 3 is 2.47 bits per heavy atom. The van der Waals surface area contributed by atoms with Crippen molar-refractivity contribution in [2.45, 2.75) is 0 Å². The van der Waals surface area contributed by atoms with Crippen LogP contribution in [-0.2, 0) is 0 Å². The minimum atomic E-state index is -0.275. The van der Waals surface area contributed by atoms with Gasteiger partial charge in [-0.25, -0.2) is 0 Å². The van der Waals surface area contributed by atoms with Gasteiger partial charge in [0.05, 0.1) is 12.7 Å². The van der Waals surface area contributed by atoms with E-state index < -0.39 is 0 Å². The number of nitrogens with one attached hydrogen (secondary N) is 1. The van der Waals surface area contributed by atoms with Crippen molar-refractivity contribution in [3.8, 4) is 5.75 Å². The second-order valence-corrected chi connectivity index (χ2v) is 4.35. The first-order valence-corrected chi connectivity index (χ1v) is 5.98. The van der Waals surface area contributed by atoms with Gasteiger partial charge in [0.15, 0.2) is 0 Å². The van der Waals surface area contributed by atoms with Crippen molar-refractivity contribution in [2.24, 2.45) is 0 Å². The highest BCUT2D eigenvalue weighted by atomic mass is 35.5. The summed E-state index contributed by atoms with van der Waals surface area (Å²) in [5.74, 6) is 0.336. The van der Waals surface area contributed by atoms with E-state index in [1.807, 2.05) is 0 Å². The van der Waals surface area contributed by atoms with E-state index in [4.69, 9.17) is 22.1 Å². The highest BCUT2D eigenvalue weighted by Crippen LogP contribution is 2.21. The van der Waals surface area contributed by atoms with Crippen LogP contribution in [0.5, 0.6) is 5.75 Å². The van der Waals surface area contributed by atoms with Crippen LogP contribution in [0.15, 0.2) is 42.5 Å². The Kier molecular flexibility index (Phi) is 3.92. The topological polar surface area (TPSA) is 64.3 Å². The Morgan fingerprint density at radius 1 is 1.21 bits per heavy atom. The second-order valence-electron chi connectivity index (χ2n) is 3.91. The smallest absolute Gasteiger partial charge is 0.257 e. The number of carbonyl (C=O) groups excluding carboxylic acids is 1. The molecule has 0 atom stereocenters. The number of rotatable bonds is 3. The molecule has 2 aromatic carbocycles. The highest BCUT2D eigenvalue weighted by molar-refractivity contribution is 6.30. The third kappa shape index (κ3) is 3.17. The molecule has 98 valence electrons. The maximum Gasteiger partial charge on any atom is 0.257 e. The van der Waals surface area contributed by atoms with Crippen molar-refractivity contribution < 1.29 is 9.53 Å². The van der Waals surface area contributed by atoms with E-state index in [1.54, 1.807) is 49.6 Å². The molecule has 4 nitrogen and oxygen atoms in total. The van der Waals surface area contributed by atoms with Crippen molar-refractivity contribution in [1.82, 2.24) is 0 Å². The predicted octanol–water partition coefficient (Wildman–Crippen LogP) is 3.18. The van der Waals surface area contributed by atoms with Crippen molar-refractivity contribution in [1.29, 1.82) is 0 Å². The van der Waals surface area contributed by atoms with Gasteiger partial charge in [-0.05, 0) is 36.4 Å². The lowest BCUT2D eigenvalue weighted by molar-refractivity contribution is 0.102. The number of benzene rings is 2. The first-order chi connectivity index (χ1) is 9.10. The Bertz CT molecular complexity index is 597. The molecule has 0 heterocycles. The number of halogens is 1. The number of amides is 1. The van der Waals surface area contributed by atoms with Crippen LogP contribution >= 0.6 is 11.6 Å². The molecule has 0 radical (unpaired) electrons. The van der Waals surface area contributed by atoms with Crippen molar-refractivity contribution >= 4 is 28.9 Å². The first-order valence-electron chi connectivity index (χ1n) is 5.60. The number of anilines is 2. The summed E-state index contributed by atoms with van der Waals surface area (Å²) < 4.78 is 5.03. The maximum atomic E-state index is 12.1.